The highest BCUT2D eigenvalue weighted by molar-refractivity contribution is 5.93. The molecule has 28 heavy (non-hydrogen) atoms. The van der Waals surface area contributed by atoms with Crippen molar-refractivity contribution in [2.24, 2.45) is 0 Å². The van der Waals surface area contributed by atoms with E-state index in [0.29, 0.717) is 24.3 Å². The largest absolute Gasteiger partial charge is 0.477 e. The smallest absolute Gasteiger partial charge is 0.341 e. The van der Waals surface area contributed by atoms with Crippen LogP contribution < -0.4 is 10.3 Å². The van der Waals surface area contributed by atoms with E-state index in [2.05, 4.69) is 25.7 Å². The molecule has 1 saturated heterocycles. The maximum atomic E-state index is 14.9. The van der Waals surface area contributed by atoms with Crippen molar-refractivity contribution in [3.05, 3.63) is 39.9 Å². The second-order valence-electron chi connectivity index (χ2n) is 8.78. The molecule has 0 bridgehead atoms. The summed E-state index contributed by atoms with van der Waals surface area (Å²) in [6, 6.07) is 3.12. The molecular weight excluding hydrogens is 361 g/mol. The van der Waals surface area contributed by atoms with Gasteiger partial charge in [-0.3, -0.25) is 9.69 Å². The van der Waals surface area contributed by atoms with Gasteiger partial charge in [-0.05, 0) is 45.7 Å². The standard InChI is InChI=1S/C21H26FN3O3/c1-21(2,3)24-8-6-23(7-9-24)18-11-17-14(10-16(18)22)19(26)15(20(27)28)12-25(17)13-4-5-13/h10-13H,4-9H2,1-3H3,(H,27,28). The molecule has 1 saturated carbocycles. The quantitative estimate of drug-likeness (QED) is 0.877. The summed E-state index contributed by atoms with van der Waals surface area (Å²) in [5.41, 5.74) is 0.256. The Morgan fingerprint density at radius 1 is 1.14 bits per heavy atom. The lowest BCUT2D eigenvalue weighted by Gasteiger charge is -2.43. The molecule has 2 fully saturated rings. The van der Waals surface area contributed by atoms with E-state index in [1.54, 1.807) is 6.07 Å². The van der Waals surface area contributed by atoms with Gasteiger partial charge in [-0.15, -0.1) is 0 Å². The van der Waals surface area contributed by atoms with Crippen molar-refractivity contribution in [2.75, 3.05) is 31.1 Å². The number of hydrogen-bond acceptors (Lipinski definition) is 4. The fraction of sp³-hybridized carbons (Fsp3) is 0.524. The lowest BCUT2D eigenvalue weighted by molar-refractivity contribution is 0.0695. The second kappa shape index (κ2) is 6.58. The Hall–Kier alpha value is -2.41. The Bertz CT molecular complexity index is 997. The Balaban J connectivity index is 1.77. The number of fused-ring (bicyclic) bond motifs is 1. The van der Waals surface area contributed by atoms with Gasteiger partial charge in [-0.1, -0.05) is 0 Å². The second-order valence-corrected chi connectivity index (χ2v) is 8.78. The number of piperazine rings is 1. The van der Waals surface area contributed by atoms with Crippen LogP contribution in [0.15, 0.2) is 23.1 Å². The number of carboxylic acid groups (broad SMARTS) is 1. The van der Waals surface area contributed by atoms with Crippen LogP contribution in [-0.4, -0.2) is 52.3 Å². The predicted molar refractivity (Wildman–Crippen MR) is 107 cm³/mol. The summed E-state index contributed by atoms with van der Waals surface area (Å²) in [5, 5.41) is 9.49. The van der Waals surface area contributed by atoms with Gasteiger partial charge in [0.25, 0.3) is 0 Å². The van der Waals surface area contributed by atoms with Crippen LogP contribution in [0.3, 0.4) is 0 Å². The van der Waals surface area contributed by atoms with Crippen LogP contribution in [0.25, 0.3) is 10.9 Å². The van der Waals surface area contributed by atoms with Gasteiger partial charge in [-0.25, -0.2) is 9.18 Å². The van der Waals surface area contributed by atoms with Crippen LogP contribution >= 0.6 is 0 Å². The lowest BCUT2D eigenvalue weighted by Crippen LogP contribution is -2.53. The van der Waals surface area contributed by atoms with Crippen LogP contribution in [0.5, 0.6) is 0 Å². The van der Waals surface area contributed by atoms with Crippen LogP contribution in [-0.2, 0) is 0 Å². The Labute approximate surface area is 163 Å². The maximum Gasteiger partial charge on any atom is 0.341 e. The van der Waals surface area contributed by atoms with Crippen LogP contribution in [0.4, 0.5) is 10.1 Å². The Morgan fingerprint density at radius 3 is 2.32 bits per heavy atom. The first-order chi connectivity index (χ1) is 13.2. The molecular formula is C21H26FN3O3. The first-order valence-electron chi connectivity index (χ1n) is 9.78. The molecule has 6 nitrogen and oxygen atoms in total. The molecule has 2 aliphatic rings. The third-order valence-electron chi connectivity index (χ3n) is 5.84. The number of carboxylic acids is 1. The van der Waals surface area contributed by atoms with Crippen molar-refractivity contribution >= 4 is 22.6 Å². The van der Waals surface area contributed by atoms with Crippen molar-refractivity contribution in [3.63, 3.8) is 0 Å². The Morgan fingerprint density at radius 2 is 1.79 bits per heavy atom. The molecule has 1 aliphatic carbocycles. The summed E-state index contributed by atoms with van der Waals surface area (Å²) in [6.45, 7) is 9.62. The van der Waals surface area contributed by atoms with Crippen molar-refractivity contribution in [1.82, 2.24) is 9.47 Å². The van der Waals surface area contributed by atoms with Gasteiger partial charge in [0, 0.05) is 49.3 Å². The van der Waals surface area contributed by atoms with Crippen LogP contribution in [0, 0.1) is 5.82 Å². The number of anilines is 1. The monoisotopic (exact) mass is 387 g/mol. The topological polar surface area (TPSA) is 65.8 Å². The van der Waals surface area contributed by atoms with Crippen molar-refractivity contribution < 1.29 is 14.3 Å². The molecule has 150 valence electrons. The molecule has 4 rings (SSSR count). The molecule has 0 spiro atoms. The van der Waals surface area contributed by atoms with E-state index < -0.39 is 17.2 Å². The highest BCUT2D eigenvalue weighted by atomic mass is 19.1. The molecule has 0 atom stereocenters. The van der Waals surface area contributed by atoms with Crippen molar-refractivity contribution in [3.8, 4) is 0 Å². The first kappa shape index (κ1) is 18.9. The van der Waals surface area contributed by atoms with Crippen molar-refractivity contribution in [1.29, 1.82) is 0 Å². The number of halogens is 1. The van der Waals surface area contributed by atoms with E-state index in [4.69, 9.17) is 0 Å². The number of aromatic nitrogens is 1. The molecule has 2 aromatic rings. The zero-order chi connectivity index (χ0) is 20.2. The minimum absolute atomic E-state index is 0.0771. The van der Waals surface area contributed by atoms with Crippen LogP contribution in [0.1, 0.15) is 50.0 Å². The summed E-state index contributed by atoms with van der Waals surface area (Å²) in [5.74, 6) is -1.75. The van der Waals surface area contributed by atoms with E-state index in [1.807, 2.05) is 9.47 Å². The van der Waals surface area contributed by atoms with E-state index in [1.165, 1.54) is 12.3 Å². The number of nitrogens with zero attached hydrogens (tertiary/aromatic N) is 3. The van der Waals surface area contributed by atoms with Gasteiger partial charge < -0.3 is 14.6 Å². The number of rotatable bonds is 3. The molecule has 1 aliphatic heterocycles. The summed E-state index contributed by atoms with van der Waals surface area (Å²) in [4.78, 5) is 28.4. The maximum absolute atomic E-state index is 14.9. The minimum atomic E-state index is -1.27. The molecule has 2 heterocycles. The highest BCUT2D eigenvalue weighted by Crippen LogP contribution is 2.38. The summed E-state index contributed by atoms with van der Waals surface area (Å²) in [7, 11) is 0. The number of carbonyl (C=O) groups is 1. The Kier molecular flexibility index (Phi) is 4.45. The molecule has 7 heteroatoms. The first-order valence-corrected chi connectivity index (χ1v) is 9.78. The molecule has 0 radical (unpaired) electrons. The third-order valence-corrected chi connectivity index (χ3v) is 5.84. The predicted octanol–water partition coefficient (Wildman–Crippen LogP) is 3.09. The molecule has 0 unspecified atom stereocenters. The van der Waals surface area contributed by atoms with Gasteiger partial charge in [0.1, 0.15) is 11.4 Å². The van der Waals surface area contributed by atoms with Gasteiger partial charge in [-0.2, -0.15) is 0 Å². The van der Waals surface area contributed by atoms with Gasteiger partial charge in [0.2, 0.25) is 5.43 Å². The number of pyridine rings is 1. The zero-order valence-corrected chi connectivity index (χ0v) is 16.5. The fourth-order valence-corrected chi connectivity index (χ4v) is 4.03. The SMILES string of the molecule is CC(C)(C)N1CCN(c2cc3c(cc2F)c(=O)c(C(=O)O)cn3C2CC2)CC1. The number of benzene rings is 1. The van der Waals surface area contributed by atoms with Gasteiger partial charge in [0.05, 0.1) is 11.2 Å². The molecule has 1 aromatic carbocycles. The molecule has 0 amide bonds. The summed E-state index contributed by atoms with van der Waals surface area (Å²) >= 11 is 0. The van der Waals surface area contributed by atoms with Crippen LogP contribution in [0.2, 0.25) is 0 Å². The number of aromatic carboxylic acids is 1. The van der Waals surface area contributed by atoms with E-state index in [9.17, 15) is 19.1 Å². The van der Waals surface area contributed by atoms with Gasteiger partial charge >= 0.3 is 5.97 Å². The normalized spacial score (nSPS) is 18.6. The zero-order valence-electron chi connectivity index (χ0n) is 16.5. The van der Waals surface area contributed by atoms with Crippen molar-refractivity contribution in [2.45, 2.75) is 45.2 Å². The summed E-state index contributed by atoms with van der Waals surface area (Å²) in [6.07, 6.45) is 3.30. The summed E-state index contributed by atoms with van der Waals surface area (Å²) < 4.78 is 16.8. The minimum Gasteiger partial charge on any atom is -0.477 e. The third kappa shape index (κ3) is 3.28. The average Bonchev–Trinajstić information content (AvgIpc) is 3.46. The van der Waals surface area contributed by atoms with E-state index in [-0.39, 0.29) is 22.5 Å². The van der Waals surface area contributed by atoms with E-state index in [0.717, 1.165) is 25.9 Å². The average molecular weight is 387 g/mol. The lowest BCUT2D eigenvalue weighted by atomic mass is 10.0. The molecule has 1 aromatic heterocycles. The highest BCUT2D eigenvalue weighted by Gasteiger charge is 2.30. The molecule has 1 N–H and O–H groups in total. The van der Waals surface area contributed by atoms with E-state index >= 15 is 0 Å². The number of hydrogen-bond donors (Lipinski definition) is 1. The van der Waals surface area contributed by atoms with Gasteiger partial charge in [0.15, 0.2) is 0 Å². The fourth-order valence-electron chi connectivity index (χ4n) is 4.03.